The van der Waals surface area contributed by atoms with Crippen molar-refractivity contribution < 1.29 is 0 Å². The van der Waals surface area contributed by atoms with E-state index < -0.39 is 0 Å². The fourth-order valence-electron chi connectivity index (χ4n) is 0.990. The summed E-state index contributed by atoms with van der Waals surface area (Å²) in [5.74, 6) is 2.46. The minimum atomic E-state index is -0.326. The lowest BCUT2D eigenvalue weighted by Gasteiger charge is -2.16. The minimum Gasteiger partial charge on any atom is -0.361 e. The van der Waals surface area contributed by atoms with E-state index in [1.807, 2.05) is 0 Å². The van der Waals surface area contributed by atoms with E-state index >= 15 is 0 Å². The second kappa shape index (κ2) is 4.16. The van der Waals surface area contributed by atoms with Gasteiger partial charge in [0.15, 0.2) is 0 Å². The number of halogens is 1. The molecule has 0 atom stereocenters. The molecule has 0 aliphatic heterocycles. The number of rotatable bonds is 2. The molecule has 0 N–H and O–H groups in total. The van der Waals surface area contributed by atoms with Gasteiger partial charge in [-0.2, -0.15) is 5.10 Å². The Bertz CT molecular complexity index is 433. The van der Waals surface area contributed by atoms with Crippen molar-refractivity contribution in [2.75, 3.05) is 18.5 Å². The Labute approximate surface area is 87.1 Å². The fourth-order valence-corrected chi connectivity index (χ4v) is 1.31. The highest BCUT2D eigenvalue weighted by molar-refractivity contribution is 6.33. The fraction of sp³-hybridized carbons (Fsp3) is 0.333. The lowest BCUT2D eigenvalue weighted by atomic mass is 10.4. The Balaban J connectivity index is 3.19. The van der Waals surface area contributed by atoms with Crippen LogP contribution in [-0.4, -0.2) is 23.4 Å². The van der Waals surface area contributed by atoms with Crippen LogP contribution in [0.3, 0.4) is 0 Å². The molecule has 1 heterocycles. The third-order valence-corrected chi connectivity index (χ3v) is 2.15. The molecule has 74 valence electrons. The van der Waals surface area contributed by atoms with Crippen LogP contribution in [0.1, 0.15) is 0 Å². The molecule has 5 heteroatoms. The number of aryl methyl sites for hydroxylation is 1. The third-order valence-electron chi connectivity index (χ3n) is 1.80. The molecule has 0 amide bonds. The number of aromatic nitrogens is 2. The molecule has 4 nitrogen and oxygen atoms in total. The summed E-state index contributed by atoms with van der Waals surface area (Å²) in [6.45, 7) is 0.383. The van der Waals surface area contributed by atoms with Gasteiger partial charge in [0.1, 0.15) is 5.02 Å². The molecule has 0 spiro atoms. The van der Waals surface area contributed by atoms with Crippen molar-refractivity contribution in [3.05, 3.63) is 21.6 Å². The largest absolute Gasteiger partial charge is 0.361 e. The van der Waals surface area contributed by atoms with Crippen LogP contribution in [0.15, 0.2) is 11.0 Å². The molecule has 1 aromatic rings. The summed E-state index contributed by atoms with van der Waals surface area (Å²) in [6, 6.07) is 0. The van der Waals surface area contributed by atoms with E-state index in [4.69, 9.17) is 18.0 Å². The van der Waals surface area contributed by atoms with Gasteiger partial charge in [0, 0.05) is 14.1 Å². The summed E-state index contributed by atoms with van der Waals surface area (Å²) in [5.41, 5.74) is 0.223. The van der Waals surface area contributed by atoms with Gasteiger partial charge in [-0.05, 0) is 0 Å². The predicted molar refractivity (Wildman–Crippen MR) is 56.6 cm³/mol. The number of hydrogen-bond donors (Lipinski definition) is 0. The second-order valence-corrected chi connectivity index (χ2v) is 3.21. The Kier molecular flexibility index (Phi) is 3.15. The first-order valence-corrected chi connectivity index (χ1v) is 4.32. The molecule has 14 heavy (non-hydrogen) atoms. The van der Waals surface area contributed by atoms with E-state index in [9.17, 15) is 4.79 Å². The predicted octanol–water partition coefficient (Wildman–Crippen LogP) is 0.503. The summed E-state index contributed by atoms with van der Waals surface area (Å²) in [5, 5.41) is 3.99. The zero-order chi connectivity index (χ0) is 10.7. The zero-order valence-electron chi connectivity index (χ0n) is 7.99. The van der Waals surface area contributed by atoms with Crippen LogP contribution in [0.4, 0.5) is 5.69 Å². The maximum atomic E-state index is 11.4. The highest BCUT2D eigenvalue weighted by Gasteiger charge is 2.10. The van der Waals surface area contributed by atoms with E-state index in [2.05, 4.69) is 11.0 Å². The first-order chi connectivity index (χ1) is 6.57. The van der Waals surface area contributed by atoms with E-state index in [1.54, 1.807) is 19.0 Å². The van der Waals surface area contributed by atoms with Crippen molar-refractivity contribution in [2.24, 2.45) is 7.05 Å². The van der Waals surface area contributed by atoms with Crippen LogP contribution in [0.2, 0.25) is 5.02 Å². The van der Waals surface area contributed by atoms with Gasteiger partial charge in [-0.25, -0.2) is 4.68 Å². The lowest BCUT2D eigenvalue weighted by Crippen LogP contribution is -2.25. The van der Waals surface area contributed by atoms with Crippen molar-refractivity contribution in [3.8, 4) is 12.3 Å². The van der Waals surface area contributed by atoms with E-state index in [1.165, 1.54) is 10.9 Å². The topological polar surface area (TPSA) is 38.1 Å². The molecule has 0 aliphatic carbocycles. The smallest absolute Gasteiger partial charge is 0.287 e. The van der Waals surface area contributed by atoms with Crippen molar-refractivity contribution >= 4 is 17.3 Å². The molecule has 0 fully saturated rings. The quantitative estimate of drug-likeness (QED) is 0.669. The minimum absolute atomic E-state index is 0.139. The third kappa shape index (κ3) is 1.88. The number of hydrogen-bond acceptors (Lipinski definition) is 3. The van der Waals surface area contributed by atoms with Crippen LogP contribution in [0.25, 0.3) is 0 Å². The van der Waals surface area contributed by atoms with Gasteiger partial charge in [-0.1, -0.05) is 17.5 Å². The Morgan fingerprint density at radius 1 is 1.79 bits per heavy atom. The van der Waals surface area contributed by atoms with Gasteiger partial charge in [-0.3, -0.25) is 4.79 Å². The van der Waals surface area contributed by atoms with Crippen LogP contribution >= 0.6 is 11.6 Å². The summed E-state index contributed by atoms with van der Waals surface area (Å²) in [7, 11) is 3.29. The molecule has 0 aromatic carbocycles. The van der Waals surface area contributed by atoms with Gasteiger partial charge in [0.25, 0.3) is 5.56 Å². The number of anilines is 1. The Morgan fingerprint density at radius 2 is 2.43 bits per heavy atom. The van der Waals surface area contributed by atoms with Crippen molar-refractivity contribution in [3.63, 3.8) is 0 Å². The van der Waals surface area contributed by atoms with Crippen LogP contribution in [-0.2, 0) is 7.05 Å². The molecule has 0 bridgehead atoms. The SMILES string of the molecule is C#CCN(C)c1cnn(C)c(=O)c1Cl. The van der Waals surface area contributed by atoms with Crippen LogP contribution in [0.5, 0.6) is 0 Å². The average molecular weight is 212 g/mol. The van der Waals surface area contributed by atoms with E-state index in [-0.39, 0.29) is 10.6 Å². The van der Waals surface area contributed by atoms with Gasteiger partial charge < -0.3 is 4.90 Å². The first-order valence-electron chi connectivity index (χ1n) is 3.94. The molecule has 1 rings (SSSR count). The molecule has 0 saturated carbocycles. The Morgan fingerprint density at radius 3 is 3.00 bits per heavy atom. The number of terminal acetylenes is 1. The van der Waals surface area contributed by atoms with Crippen LogP contribution < -0.4 is 10.5 Å². The van der Waals surface area contributed by atoms with Crippen molar-refractivity contribution in [1.82, 2.24) is 9.78 Å². The van der Waals surface area contributed by atoms with Gasteiger partial charge in [0.2, 0.25) is 0 Å². The molecular formula is C9H10ClN3O. The molecular weight excluding hydrogens is 202 g/mol. The summed E-state index contributed by atoms with van der Waals surface area (Å²) < 4.78 is 1.18. The molecule has 0 saturated heterocycles. The molecule has 0 radical (unpaired) electrons. The van der Waals surface area contributed by atoms with Crippen LogP contribution in [0, 0.1) is 12.3 Å². The normalized spacial score (nSPS) is 9.57. The maximum absolute atomic E-state index is 11.4. The van der Waals surface area contributed by atoms with E-state index in [0.717, 1.165) is 0 Å². The average Bonchev–Trinajstić information content (AvgIpc) is 2.15. The van der Waals surface area contributed by atoms with E-state index in [0.29, 0.717) is 12.2 Å². The lowest BCUT2D eigenvalue weighted by molar-refractivity contribution is 0.705. The highest BCUT2D eigenvalue weighted by atomic mass is 35.5. The van der Waals surface area contributed by atoms with Gasteiger partial charge in [0.05, 0.1) is 18.4 Å². The molecule has 0 aliphatic rings. The van der Waals surface area contributed by atoms with Crippen molar-refractivity contribution in [1.29, 1.82) is 0 Å². The Hall–Kier alpha value is -1.47. The standard InChI is InChI=1S/C9H10ClN3O/c1-4-5-12(2)7-6-11-13(3)9(14)8(7)10/h1,6H,5H2,2-3H3. The van der Waals surface area contributed by atoms with Gasteiger partial charge >= 0.3 is 0 Å². The molecule has 0 unspecified atom stereocenters. The monoisotopic (exact) mass is 211 g/mol. The summed E-state index contributed by atoms with van der Waals surface area (Å²) in [6.07, 6.45) is 6.66. The maximum Gasteiger partial charge on any atom is 0.287 e. The van der Waals surface area contributed by atoms with Crippen molar-refractivity contribution in [2.45, 2.75) is 0 Å². The molecule has 1 aromatic heterocycles. The second-order valence-electron chi connectivity index (χ2n) is 2.83. The summed E-state index contributed by atoms with van der Waals surface area (Å²) >= 11 is 5.85. The van der Waals surface area contributed by atoms with Gasteiger partial charge in [-0.15, -0.1) is 6.42 Å². The number of nitrogens with zero attached hydrogens (tertiary/aromatic N) is 3. The highest BCUT2D eigenvalue weighted by Crippen LogP contribution is 2.18. The first kappa shape index (κ1) is 10.6. The summed E-state index contributed by atoms with van der Waals surface area (Å²) in [4.78, 5) is 13.1. The zero-order valence-corrected chi connectivity index (χ0v) is 8.75.